The highest BCUT2D eigenvalue weighted by atomic mass is 35.5. The first-order chi connectivity index (χ1) is 16.9. The normalized spacial score (nSPS) is 17.5. The number of halogens is 5. The monoisotopic (exact) mass is 553 g/mol. The van der Waals surface area contributed by atoms with Crippen LogP contribution in [0.4, 0.5) is 13.2 Å². The molecule has 0 fully saturated rings. The van der Waals surface area contributed by atoms with Crippen LogP contribution in [0.5, 0.6) is 0 Å². The first kappa shape index (κ1) is 26.2. The van der Waals surface area contributed by atoms with Gasteiger partial charge in [0.05, 0.1) is 23.5 Å². The first-order valence-corrected chi connectivity index (χ1v) is 12.3. The molecule has 0 spiro atoms. The van der Waals surface area contributed by atoms with Crippen molar-refractivity contribution in [1.29, 1.82) is 0 Å². The topological polar surface area (TPSA) is 54.8 Å². The molecule has 11 heteroatoms. The highest BCUT2D eigenvalue weighted by Crippen LogP contribution is 2.49. The van der Waals surface area contributed by atoms with Crippen LogP contribution in [0.15, 0.2) is 59.0 Å². The van der Waals surface area contributed by atoms with Gasteiger partial charge in [-0.05, 0) is 42.3 Å². The average Bonchev–Trinajstić information content (AvgIpc) is 3.46. The Balaban J connectivity index is 1.62. The van der Waals surface area contributed by atoms with Crippen molar-refractivity contribution >= 4 is 51.9 Å². The molecule has 0 aliphatic carbocycles. The molecule has 3 aromatic rings. The number of alkyl halides is 3. The van der Waals surface area contributed by atoms with Crippen LogP contribution < -0.4 is 0 Å². The third kappa shape index (κ3) is 5.00. The zero-order valence-electron chi connectivity index (χ0n) is 19.2. The van der Waals surface area contributed by atoms with E-state index < -0.39 is 18.2 Å². The van der Waals surface area contributed by atoms with Gasteiger partial charge in [0, 0.05) is 45.6 Å². The van der Waals surface area contributed by atoms with Crippen molar-refractivity contribution in [2.45, 2.75) is 38.6 Å². The number of aromatic nitrogens is 1. The number of thiazole rings is 1. The predicted octanol–water partition coefficient (Wildman–Crippen LogP) is 7.36. The fourth-order valence-corrected chi connectivity index (χ4v) is 5.11. The van der Waals surface area contributed by atoms with Gasteiger partial charge in [0.2, 0.25) is 5.91 Å². The number of carbonyl (C=O) groups excluding carboxylic acids is 1. The van der Waals surface area contributed by atoms with E-state index in [2.05, 4.69) is 16.7 Å². The van der Waals surface area contributed by atoms with Crippen molar-refractivity contribution in [1.82, 2.24) is 9.88 Å². The second kappa shape index (κ2) is 9.88. The number of nitrogens with zero attached hydrogens (tertiary/aromatic N) is 3. The standard InChI is InChI=1S/C25H20Cl2F3N3O2S/c1-14-6-17(4-5-22(14)15(2)33(16(3)34)11-21-12-36-13-31-21)23-10-24(35-32-23,25(28,29)30)18-7-19(26)9-20(27)8-18/h4-9,12-13H,2,10-11H2,1,3H3. The molecule has 1 aliphatic heterocycles. The number of rotatable bonds is 6. The Morgan fingerprint density at radius 3 is 2.47 bits per heavy atom. The first-order valence-electron chi connectivity index (χ1n) is 10.6. The van der Waals surface area contributed by atoms with Gasteiger partial charge in [-0.3, -0.25) is 4.79 Å². The number of benzene rings is 2. The van der Waals surface area contributed by atoms with E-state index in [9.17, 15) is 18.0 Å². The molecule has 0 bridgehead atoms. The van der Waals surface area contributed by atoms with Crippen LogP contribution in [0.25, 0.3) is 5.70 Å². The smallest absolute Gasteiger partial charge is 0.374 e. The van der Waals surface area contributed by atoms with E-state index >= 15 is 0 Å². The van der Waals surface area contributed by atoms with Crippen LogP contribution in [-0.2, 0) is 21.8 Å². The molecule has 2 heterocycles. The zero-order chi connectivity index (χ0) is 26.3. The maximum absolute atomic E-state index is 14.3. The van der Waals surface area contributed by atoms with E-state index in [1.165, 1.54) is 41.4 Å². The van der Waals surface area contributed by atoms with Gasteiger partial charge in [-0.15, -0.1) is 11.3 Å². The van der Waals surface area contributed by atoms with Gasteiger partial charge in [0.15, 0.2) is 0 Å². The van der Waals surface area contributed by atoms with Crippen LogP contribution in [0.2, 0.25) is 10.0 Å². The summed E-state index contributed by atoms with van der Waals surface area (Å²) in [7, 11) is 0. The van der Waals surface area contributed by atoms with Crippen molar-refractivity contribution < 1.29 is 22.8 Å². The number of hydrogen-bond donors (Lipinski definition) is 0. The second-order valence-electron chi connectivity index (χ2n) is 8.35. The van der Waals surface area contributed by atoms with Gasteiger partial charge >= 0.3 is 6.18 Å². The zero-order valence-corrected chi connectivity index (χ0v) is 21.5. The van der Waals surface area contributed by atoms with E-state index in [0.717, 1.165) is 5.69 Å². The minimum Gasteiger partial charge on any atom is -0.374 e. The lowest BCUT2D eigenvalue weighted by Gasteiger charge is -2.29. The van der Waals surface area contributed by atoms with Crippen LogP contribution in [0.3, 0.4) is 0 Å². The molecule has 188 valence electrons. The maximum atomic E-state index is 14.3. The highest BCUT2D eigenvalue weighted by molar-refractivity contribution is 7.07. The molecule has 2 aromatic carbocycles. The minimum absolute atomic E-state index is 0.0598. The third-order valence-electron chi connectivity index (χ3n) is 5.89. The average molecular weight is 554 g/mol. The number of oxime groups is 1. The molecule has 1 aliphatic rings. The Morgan fingerprint density at radius 2 is 1.92 bits per heavy atom. The molecule has 1 aromatic heterocycles. The molecular weight excluding hydrogens is 534 g/mol. The summed E-state index contributed by atoms with van der Waals surface area (Å²) in [5.41, 5.74) is 1.88. The van der Waals surface area contributed by atoms with Gasteiger partial charge < -0.3 is 9.74 Å². The number of amides is 1. The van der Waals surface area contributed by atoms with Crippen molar-refractivity contribution in [3.8, 4) is 0 Å². The Hall–Kier alpha value is -2.88. The van der Waals surface area contributed by atoms with Crippen molar-refractivity contribution in [2.24, 2.45) is 5.16 Å². The lowest BCUT2D eigenvalue weighted by atomic mass is 9.86. The van der Waals surface area contributed by atoms with Crippen molar-refractivity contribution in [3.05, 3.63) is 91.9 Å². The largest absolute Gasteiger partial charge is 0.435 e. The summed E-state index contributed by atoms with van der Waals surface area (Å²) in [6, 6.07) is 8.74. The summed E-state index contributed by atoms with van der Waals surface area (Å²) >= 11 is 13.4. The number of aryl methyl sites for hydroxylation is 1. The summed E-state index contributed by atoms with van der Waals surface area (Å²) in [6.07, 6.45) is -5.34. The predicted molar refractivity (Wildman–Crippen MR) is 135 cm³/mol. The summed E-state index contributed by atoms with van der Waals surface area (Å²) in [4.78, 5) is 23.1. The van der Waals surface area contributed by atoms with E-state index in [4.69, 9.17) is 28.0 Å². The molecular formula is C25H20Cl2F3N3O2S. The molecule has 0 N–H and O–H groups in total. The fourth-order valence-electron chi connectivity index (χ4n) is 4.03. The molecule has 36 heavy (non-hydrogen) atoms. The van der Waals surface area contributed by atoms with Crippen molar-refractivity contribution in [3.63, 3.8) is 0 Å². The van der Waals surface area contributed by atoms with E-state index in [-0.39, 0.29) is 33.8 Å². The van der Waals surface area contributed by atoms with Gasteiger partial charge in [-0.1, -0.05) is 47.1 Å². The Kier molecular flexibility index (Phi) is 7.19. The molecule has 1 unspecified atom stereocenters. The lowest BCUT2D eigenvalue weighted by Crippen LogP contribution is -2.42. The SMILES string of the molecule is C=C(c1ccc(C2=NOC(c3cc(Cl)cc(Cl)c3)(C(F)(F)F)C2)cc1C)N(Cc1cscn1)C(C)=O. The van der Waals surface area contributed by atoms with Crippen LogP contribution in [0, 0.1) is 6.92 Å². The molecule has 5 nitrogen and oxygen atoms in total. The van der Waals surface area contributed by atoms with E-state index in [1.807, 2.05) is 5.38 Å². The Bertz CT molecular complexity index is 1340. The molecule has 1 amide bonds. The van der Waals surface area contributed by atoms with E-state index in [1.54, 1.807) is 30.6 Å². The molecule has 0 radical (unpaired) electrons. The fraction of sp³-hybridized carbons (Fsp3) is 0.240. The summed E-state index contributed by atoms with van der Waals surface area (Å²) in [5, 5.41) is 5.77. The minimum atomic E-state index is -4.78. The summed E-state index contributed by atoms with van der Waals surface area (Å²) in [6.45, 7) is 7.56. The van der Waals surface area contributed by atoms with Crippen molar-refractivity contribution in [2.75, 3.05) is 0 Å². The van der Waals surface area contributed by atoms with Gasteiger partial charge in [0.1, 0.15) is 0 Å². The number of carbonyl (C=O) groups is 1. The van der Waals surface area contributed by atoms with Gasteiger partial charge in [-0.25, -0.2) is 4.98 Å². The molecule has 0 saturated carbocycles. The van der Waals surface area contributed by atoms with Crippen LogP contribution in [-0.4, -0.2) is 27.7 Å². The summed E-state index contributed by atoms with van der Waals surface area (Å²) in [5.74, 6) is -0.208. The second-order valence-corrected chi connectivity index (χ2v) is 9.94. The molecule has 1 atom stereocenters. The third-order valence-corrected chi connectivity index (χ3v) is 6.97. The van der Waals surface area contributed by atoms with Crippen LogP contribution >= 0.6 is 34.5 Å². The molecule has 4 rings (SSSR count). The maximum Gasteiger partial charge on any atom is 0.435 e. The summed E-state index contributed by atoms with van der Waals surface area (Å²) < 4.78 is 42.9. The van der Waals surface area contributed by atoms with Gasteiger partial charge in [0.25, 0.3) is 5.60 Å². The Morgan fingerprint density at radius 1 is 1.22 bits per heavy atom. The Labute approximate surface area is 219 Å². The van der Waals surface area contributed by atoms with Gasteiger partial charge in [-0.2, -0.15) is 13.2 Å². The molecule has 0 saturated heterocycles. The number of hydrogen-bond acceptors (Lipinski definition) is 5. The highest BCUT2D eigenvalue weighted by Gasteiger charge is 2.62. The quantitative estimate of drug-likeness (QED) is 0.320. The van der Waals surface area contributed by atoms with Crippen LogP contribution in [0.1, 0.15) is 41.3 Å². The lowest BCUT2D eigenvalue weighted by molar-refractivity contribution is -0.275. The van der Waals surface area contributed by atoms with E-state index in [0.29, 0.717) is 22.4 Å².